The van der Waals surface area contributed by atoms with Crippen LogP contribution in [0.5, 0.6) is 5.75 Å². The lowest BCUT2D eigenvalue weighted by Gasteiger charge is -2.23. The maximum atomic E-state index is 13.7. The third kappa shape index (κ3) is 6.15. The lowest BCUT2D eigenvalue weighted by Crippen LogP contribution is -2.25. The average molecular weight is 631 g/mol. The number of ketones is 2. The quantitative estimate of drug-likeness (QED) is 0.170. The number of ether oxygens (including phenoxy) is 1. The van der Waals surface area contributed by atoms with Gasteiger partial charge in [-0.1, -0.05) is 42.5 Å². The van der Waals surface area contributed by atoms with Gasteiger partial charge in [-0.3, -0.25) is 9.59 Å². The second kappa shape index (κ2) is 11.3. The molecule has 4 aromatic rings. The molecule has 4 aromatic carbocycles. The third-order valence-corrected chi connectivity index (χ3v) is 9.29. The molecule has 0 unspecified atom stereocenters. The third-order valence-electron chi connectivity index (χ3n) is 6.55. The van der Waals surface area contributed by atoms with Crippen molar-refractivity contribution in [1.29, 1.82) is 0 Å². The lowest BCUT2D eigenvalue weighted by molar-refractivity contribution is 0.0979. The molecule has 210 valence electrons. The van der Waals surface area contributed by atoms with E-state index in [1.54, 1.807) is 48.5 Å². The fourth-order valence-corrected chi connectivity index (χ4v) is 6.17. The zero-order chi connectivity index (χ0) is 29.4. The Hall–Kier alpha value is -3.70. The molecular formula is C29H21Cl2NO7S2. The zero-order valence-corrected chi connectivity index (χ0v) is 24.3. The highest BCUT2D eigenvalue weighted by Crippen LogP contribution is 2.35. The standard InChI is InChI=1S/C29H21Cl2NO7S2/c30-40(35,36)21-10-5-18(6-11-21)17-19-7-14-25(27-26(19)28(33)23-3-1-2-4-24(23)29(27)34)32-15-16-39-20-8-12-22(13-9-20)41(31,37)38/h1-14,32H,15-17H2. The van der Waals surface area contributed by atoms with Crippen molar-refractivity contribution < 1.29 is 31.2 Å². The molecule has 12 heteroatoms. The summed E-state index contributed by atoms with van der Waals surface area (Å²) < 4.78 is 51.7. The summed E-state index contributed by atoms with van der Waals surface area (Å²) in [6.07, 6.45) is 0.281. The first-order chi connectivity index (χ1) is 19.4. The van der Waals surface area contributed by atoms with Crippen LogP contribution in [-0.4, -0.2) is 41.6 Å². The van der Waals surface area contributed by atoms with Crippen molar-refractivity contribution >= 4 is 56.7 Å². The molecule has 0 spiro atoms. The molecule has 1 aliphatic rings. The molecule has 8 nitrogen and oxygen atoms in total. The Morgan fingerprint density at radius 2 is 1.20 bits per heavy atom. The maximum Gasteiger partial charge on any atom is 0.261 e. The van der Waals surface area contributed by atoms with E-state index in [2.05, 4.69) is 5.32 Å². The fourth-order valence-electron chi connectivity index (χ4n) is 4.63. The van der Waals surface area contributed by atoms with Crippen molar-refractivity contribution in [1.82, 2.24) is 0 Å². The first-order valence-electron chi connectivity index (χ1n) is 12.2. The predicted octanol–water partition coefficient (Wildman–Crippen LogP) is 5.40. The number of benzene rings is 4. The largest absolute Gasteiger partial charge is 0.492 e. The summed E-state index contributed by atoms with van der Waals surface area (Å²) in [6.45, 7) is 0.455. The predicted molar refractivity (Wildman–Crippen MR) is 156 cm³/mol. The monoisotopic (exact) mass is 629 g/mol. The summed E-state index contributed by atoms with van der Waals surface area (Å²) in [5.74, 6) is -0.136. The highest BCUT2D eigenvalue weighted by molar-refractivity contribution is 8.14. The molecule has 0 radical (unpaired) electrons. The smallest absolute Gasteiger partial charge is 0.261 e. The Bertz CT molecular complexity index is 1890. The van der Waals surface area contributed by atoms with Crippen LogP contribution in [0.1, 0.15) is 43.0 Å². The second-order valence-corrected chi connectivity index (χ2v) is 14.3. The van der Waals surface area contributed by atoms with Gasteiger partial charge in [0.2, 0.25) is 0 Å². The zero-order valence-electron chi connectivity index (χ0n) is 21.1. The number of hydrogen-bond donors (Lipinski definition) is 1. The number of hydrogen-bond acceptors (Lipinski definition) is 8. The van der Waals surface area contributed by atoms with Crippen LogP contribution in [0.25, 0.3) is 0 Å². The van der Waals surface area contributed by atoms with Crippen LogP contribution in [-0.2, 0) is 24.5 Å². The summed E-state index contributed by atoms with van der Waals surface area (Å²) in [5.41, 5.74) is 2.98. The summed E-state index contributed by atoms with van der Waals surface area (Å²) in [7, 11) is 3.05. The lowest BCUT2D eigenvalue weighted by atomic mass is 9.80. The number of nitrogens with one attached hydrogen (secondary N) is 1. The minimum Gasteiger partial charge on any atom is -0.492 e. The molecule has 0 saturated carbocycles. The van der Waals surface area contributed by atoms with Crippen LogP contribution < -0.4 is 10.1 Å². The first kappa shape index (κ1) is 28.8. The van der Waals surface area contributed by atoms with E-state index < -0.39 is 18.1 Å². The molecule has 41 heavy (non-hydrogen) atoms. The summed E-state index contributed by atoms with van der Waals surface area (Å²) in [4.78, 5) is 27.2. The van der Waals surface area contributed by atoms with Crippen molar-refractivity contribution in [3.05, 3.63) is 118 Å². The number of fused-ring (bicyclic) bond motifs is 2. The van der Waals surface area contributed by atoms with Gasteiger partial charge in [0.1, 0.15) is 12.4 Å². The molecule has 0 atom stereocenters. The number of carbonyl (C=O) groups is 2. The van der Waals surface area contributed by atoms with Crippen LogP contribution in [0.15, 0.2) is 94.7 Å². The van der Waals surface area contributed by atoms with Gasteiger partial charge >= 0.3 is 0 Å². The van der Waals surface area contributed by atoms with Crippen LogP contribution in [0.3, 0.4) is 0 Å². The summed E-state index contributed by atoms with van der Waals surface area (Å²) >= 11 is 0. The Balaban J connectivity index is 1.41. The molecule has 5 rings (SSSR count). The molecule has 0 bridgehead atoms. The van der Waals surface area contributed by atoms with Crippen molar-refractivity contribution in [3.8, 4) is 5.75 Å². The van der Waals surface area contributed by atoms with Crippen molar-refractivity contribution in [2.24, 2.45) is 0 Å². The van der Waals surface area contributed by atoms with E-state index in [0.29, 0.717) is 28.1 Å². The first-order valence-corrected chi connectivity index (χ1v) is 16.8. The van der Waals surface area contributed by atoms with E-state index in [9.17, 15) is 26.4 Å². The van der Waals surface area contributed by atoms with Gasteiger partial charge in [-0.15, -0.1) is 0 Å². The molecule has 0 saturated heterocycles. The van der Waals surface area contributed by atoms with E-state index >= 15 is 0 Å². The Labute approximate surface area is 245 Å². The molecule has 1 N–H and O–H groups in total. The van der Waals surface area contributed by atoms with Crippen molar-refractivity contribution in [3.63, 3.8) is 0 Å². The summed E-state index contributed by atoms with van der Waals surface area (Å²) in [6, 6.07) is 21.8. The number of anilines is 1. The van der Waals surface area contributed by atoms with Crippen LogP contribution >= 0.6 is 21.4 Å². The van der Waals surface area contributed by atoms with Crippen molar-refractivity contribution in [2.45, 2.75) is 16.2 Å². The SMILES string of the molecule is O=C1c2ccccc2C(=O)c2c(NCCOc3ccc(S(=O)(=O)Cl)cc3)ccc(Cc3ccc(S(=O)(=O)Cl)cc3)c21. The molecular weight excluding hydrogens is 609 g/mol. The number of halogens is 2. The molecule has 1 aliphatic carbocycles. The average Bonchev–Trinajstić information content (AvgIpc) is 2.94. The Morgan fingerprint density at radius 1 is 0.659 bits per heavy atom. The van der Waals surface area contributed by atoms with Crippen LogP contribution in [0.2, 0.25) is 0 Å². The van der Waals surface area contributed by atoms with Gasteiger partial charge in [0, 0.05) is 50.3 Å². The minimum absolute atomic E-state index is 0.0353. The van der Waals surface area contributed by atoms with E-state index in [0.717, 1.165) is 5.56 Å². The van der Waals surface area contributed by atoms with E-state index in [1.807, 2.05) is 0 Å². The van der Waals surface area contributed by atoms with E-state index in [4.69, 9.17) is 26.1 Å². The van der Waals surface area contributed by atoms with Crippen LogP contribution in [0, 0.1) is 0 Å². The fraction of sp³-hybridized carbons (Fsp3) is 0.103. The second-order valence-electron chi connectivity index (χ2n) is 9.17. The van der Waals surface area contributed by atoms with Gasteiger partial charge in [0.15, 0.2) is 11.6 Å². The number of rotatable bonds is 9. The highest BCUT2D eigenvalue weighted by Gasteiger charge is 2.33. The Morgan fingerprint density at radius 3 is 1.76 bits per heavy atom. The van der Waals surface area contributed by atoms with Crippen LogP contribution in [0.4, 0.5) is 5.69 Å². The van der Waals surface area contributed by atoms with Gasteiger partial charge in [-0.2, -0.15) is 0 Å². The molecule has 0 aliphatic heterocycles. The van der Waals surface area contributed by atoms with Gasteiger partial charge in [-0.05, 0) is 60.0 Å². The molecule has 0 aromatic heterocycles. The van der Waals surface area contributed by atoms with Crippen molar-refractivity contribution in [2.75, 3.05) is 18.5 Å². The molecule has 0 heterocycles. The molecule has 0 fully saturated rings. The molecule has 0 amide bonds. The minimum atomic E-state index is -3.87. The summed E-state index contributed by atoms with van der Waals surface area (Å²) in [5, 5.41) is 3.18. The van der Waals surface area contributed by atoms with Gasteiger partial charge in [-0.25, -0.2) is 16.8 Å². The Kier molecular flexibility index (Phi) is 7.93. The maximum absolute atomic E-state index is 13.7. The van der Waals surface area contributed by atoms with Gasteiger partial charge in [0.25, 0.3) is 18.1 Å². The highest BCUT2D eigenvalue weighted by atomic mass is 35.7. The van der Waals surface area contributed by atoms with Gasteiger partial charge < -0.3 is 10.1 Å². The normalized spacial score (nSPS) is 12.9. The topological polar surface area (TPSA) is 124 Å². The van der Waals surface area contributed by atoms with E-state index in [1.165, 1.54) is 36.4 Å². The van der Waals surface area contributed by atoms with Gasteiger partial charge in [0.05, 0.1) is 15.4 Å². The van der Waals surface area contributed by atoms with E-state index in [-0.39, 0.29) is 52.1 Å². The number of carbonyl (C=O) groups excluding carboxylic acids is 2.